The SMILES string of the molecule is CCCCC1(CC2CCCCC2)N=C(N)N(CC2CCN(C(=O)C(c3ccccc3)C3C=CC=CC3)CC2)C1=O. The molecule has 2 N–H and O–H groups in total. The fourth-order valence-electron chi connectivity index (χ4n) is 7.47. The Labute approximate surface area is 240 Å². The predicted molar refractivity (Wildman–Crippen MR) is 162 cm³/mol. The van der Waals surface area contributed by atoms with Crippen LogP contribution in [0, 0.1) is 17.8 Å². The number of allylic oxidation sites excluding steroid dienone is 4. The maximum Gasteiger partial charge on any atom is 0.257 e. The summed E-state index contributed by atoms with van der Waals surface area (Å²) in [6, 6.07) is 10.2. The van der Waals surface area contributed by atoms with Crippen molar-refractivity contribution in [3.05, 3.63) is 60.2 Å². The van der Waals surface area contributed by atoms with E-state index in [1.807, 2.05) is 18.2 Å². The number of guanidine groups is 1. The molecule has 0 radical (unpaired) electrons. The highest BCUT2D eigenvalue weighted by Gasteiger charge is 2.49. The Morgan fingerprint density at radius 2 is 1.80 bits per heavy atom. The van der Waals surface area contributed by atoms with Gasteiger partial charge in [0.15, 0.2) is 5.96 Å². The largest absolute Gasteiger partial charge is 0.369 e. The third-order valence-corrected chi connectivity index (χ3v) is 9.78. The molecule has 6 nitrogen and oxygen atoms in total. The number of nitrogens with two attached hydrogens (primary N) is 1. The van der Waals surface area contributed by atoms with Crippen LogP contribution in [0.3, 0.4) is 0 Å². The highest BCUT2D eigenvalue weighted by molar-refractivity contribution is 6.06. The van der Waals surface area contributed by atoms with E-state index in [1.54, 1.807) is 4.90 Å². The van der Waals surface area contributed by atoms with E-state index in [-0.39, 0.29) is 23.7 Å². The first-order valence-electron chi connectivity index (χ1n) is 15.8. The summed E-state index contributed by atoms with van der Waals surface area (Å²) in [5.41, 5.74) is 6.91. The maximum atomic E-state index is 13.9. The molecule has 2 heterocycles. The van der Waals surface area contributed by atoms with Gasteiger partial charge in [0.1, 0.15) is 5.54 Å². The zero-order valence-corrected chi connectivity index (χ0v) is 24.3. The standard InChI is InChI=1S/C34H48N4O2/c1-2-3-21-34(24-26-13-7-4-8-14-26)32(40)38(33(35)36-34)25-27-19-22-37(23-20-27)31(39)30(28-15-9-5-10-16-28)29-17-11-6-12-18-29/h5-6,9-12,15-17,26-27,29-30H,2-4,7-8,13-14,18-25H2,1H3,(H2,35,36). The van der Waals surface area contributed by atoms with E-state index >= 15 is 0 Å². The Kier molecular flexibility index (Phi) is 9.44. The van der Waals surface area contributed by atoms with Gasteiger partial charge in [0.2, 0.25) is 5.91 Å². The molecule has 40 heavy (non-hydrogen) atoms. The summed E-state index contributed by atoms with van der Waals surface area (Å²) in [6.45, 7) is 4.24. The van der Waals surface area contributed by atoms with Crippen LogP contribution in [0.2, 0.25) is 0 Å². The molecule has 5 rings (SSSR count). The predicted octanol–water partition coefficient (Wildman–Crippen LogP) is 6.20. The molecule has 216 valence electrons. The van der Waals surface area contributed by atoms with Gasteiger partial charge >= 0.3 is 0 Å². The Balaban J connectivity index is 1.21. The third kappa shape index (κ3) is 6.37. The van der Waals surface area contributed by atoms with Gasteiger partial charge in [-0.3, -0.25) is 14.5 Å². The topological polar surface area (TPSA) is 79.0 Å². The van der Waals surface area contributed by atoms with Crippen LogP contribution in [-0.2, 0) is 9.59 Å². The van der Waals surface area contributed by atoms with Crippen LogP contribution in [0.15, 0.2) is 59.6 Å². The van der Waals surface area contributed by atoms with Crippen LogP contribution in [0.1, 0.15) is 95.5 Å². The molecule has 1 saturated heterocycles. The molecule has 1 aromatic rings. The number of unbranched alkanes of at least 4 members (excludes halogenated alkanes) is 1. The summed E-state index contributed by atoms with van der Waals surface area (Å²) < 4.78 is 0. The van der Waals surface area contributed by atoms with Gasteiger partial charge in [0.05, 0.1) is 5.92 Å². The van der Waals surface area contributed by atoms with Gasteiger partial charge in [0, 0.05) is 19.6 Å². The van der Waals surface area contributed by atoms with Crippen molar-refractivity contribution in [3.8, 4) is 0 Å². The van der Waals surface area contributed by atoms with Gasteiger partial charge in [-0.05, 0) is 55.4 Å². The number of benzene rings is 1. The van der Waals surface area contributed by atoms with Gasteiger partial charge in [-0.1, -0.05) is 107 Å². The molecule has 6 heteroatoms. The van der Waals surface area contributed by atoms with E-state index in [2.05, 4.69) is 48.3 Å². The zero-order valence-electron chi connectivity index (χ0n) is 24.3. The number of aliphatic imine (C=N–C) groups is 1. The second-order valence-corrected chi connectivity index (χ2v) is 12.6. The fraction of sp³-hybridized carbons (Fsp3) is 0.618. The number of hydrogen-bond donors (Lipinski definition) is 1. The van der Waals surface area contributed by atoms with Crippen molar-refractivity contribution in [1.29, 1.82) is 0 Å². The highest BCUT2D eigenvalue weighted by Crippen LogP contribution is 2.40. The van der Waals surface area contributed by atoms with E-state index in [1.165, 1.54) is 32.1 Å². The number of likely N-dealkylation sites (tertiary alicyclic amines) is 1. The fourth-order valence-corrected chi connectivity index (χ4v) is 7.47. The molecule has 4 aliphatic rings. The monoisotopic (exact) mass is 544 g/mol. The lowest BCUT2D eigenvalue weighted by Crippen LogP contribution is -2.49. The summed E-state index contributed by atoms with van der Waals surface area (Å²) in [4.78, 5) is 36.6. The lowest BCUT2D eigenvalue weighted by molar-refractivity contribution is -0.136. The first-order chi connectivity index (χ1) is 19.5. The molecule has 0 aromatic heterocycles. The van der Waals surface area contributed by atoms with Crippen LogP contribution >= 0.6 is 0 Å². The van der Waals surface area contributed by atoms with Crippen LogP contribution in [0.4, 0.5) is 0 Å². The minimum absolute atomic E-state index is 0.129. The second-order valence-electron chi connectivity index (χ2n) is 12.6. The molecule has 1 saturated carbocycles. The van der Waals surface area contributed by atoms with Crippen molar-refractivity contribution in [2.45, 2.75) is 95.4 Å². The number of piperidine rings is 1. The number of rotatable bonds is 10. The van der Waals surface area contributed by atoms with Crippen molar-refractivity contribution >= 4 is 17.8 Å². The van der Waals surface area contributed by atoms with Crippen molar-refractivity contribution in [2.75, 3.05) is 19.6 Å². The minimum atomic E-state index is -0.663. The number of hydrogen-bond acceptors (Lipinski definition) is 4. The first-order valence-corrected chi connectivity index (χ1v) is 15.8. The van der Waals surface area contributed by atoms with Crippen molar-refractivity contribution < 1.29 is 9.59 Å². The molecule has 2 aliphatic heterocycles. The van der Waals surface area contributed by atoms with Crippen molar-refractivity contribution in [1.82, 2.24) is 9.80 Å². The molecule has 3 atom stereocenters. The molecular weight excluding hydrogens is 496 g/mol. The second kappa shape index (κ2) is 13.2. The molecule has 0 bridgehead atoms. The van der Waals surface area contributed by atoms with Crippen LogP contribution in [0.25, 0.3) is 0 Å². The molecule has 2 amide bonds. The van der Waals surface area contributed by atoms with Crippen LogP contribution in [-0.4, -0.2) is 52.7 Å². The lowest BCUT2D eigenvalue weighted by Gasteiger charge is -2.37. The van der Waals surface area contributed by atoms with E-state index < -0.39 is 5.54 Å². The molecule has 0 spiro atoms. The molecule has 2 aliphatic carbocycles. The average molecular weight is 545 g/mol. The number of amides is 2. The molecule has 2 fully saturated rings. The van der Waals surface area contributed by atoms with E-state index in [0.29, 0.717) is 24.3 Å². The van der Waals surface area contributed by atoms with Gasteiger partial charge in [-0.2, -0.15) is 0 Å². The Bertz CT molecular complexity index is 1100. The van der Waals surface area contributed by atoms with Crippen molar-refractivity contribution in [3.63, 3.8) is 0 Å². The Hall–Kier alpha value is -2.89. The molecular formula is C34H48N4O2. The number of nitrogens with zero attached hydrogens (tertiary/aromatic N) is 3. The van der Waals surface area contributed by atoms with Gasteiger partial charge in [0.25, 0.3) is 5.91 Å². The zero-order chi connectivity index (χ0) is 28.0. The first kappa shape index (κ1) is 28.6. The summed E-state index contributed by atoms with van der Waals surface area (Å²) in [7, 11) is 0. The summed E-state index contributed by atoms with van der Waals surface area (Å²) in [5, 5.41) is 0. The molecule has 3 unspecified atom stereocenters. The normalized spacial score (nSPS) is 26.8. The van der Waals surface area contributed by atoms with E-state index in [4.69, 9.17) is 10.7 Å². The smallest absolute Gasteiger partial charge is 0.257 e. The molecule has 1 aromatic carbocycles. The summed E-state index contributed by atoms with van der Waals surface area (Å²) in [5.74, 6) is 1.68. The van der Waals surface area contributed by atoms with E-state index in [9.17, 15) is 9.59 Å². The summed E-state index contributed by atoms with van der Waals surface area (Å²) >= 11 is 0. The highest BCUT2D eigenvalue weighted by atomic mass is 16.2. The Morgan fingerprint density at radius 1 is 1.05 bits per heavy atom. The number of carbonyl (C=O) groups is 2. The van der Waals surface area contributed by atoms with Crippen LogP contribution in [0.5, 0.6) is 0 Å². The van der Waals surface area contributed by atoms with Crippen LogP contribution < -0.4 is 5.73 Å². The lowest BCUT2D eigenvalue weighted by atomic mass is 9.77. The maximum absolute atomic E-state index is 13.9. The van der Waals surface area contributed by atoms with Gasteiger partial charge < -0.3 is 10.6 Å². The van der Waals surface area contributed by atoms with Crippen molar-refractivity contribution in [2.24, 2.45) is 28.5 Å². The Morgan fingerprint density at radius 3 is 2.48 bits per heavy atom. The summed E-state index contributed by atoms with van der Waals surface area (Å²) in [6.07, 6.45) is 21.1. The number of carbonyl (C=O) groups excluding carboxylic acids is 2. The van der Waals surface area contributed by atoms with Gasteiger partial charge in [-0.15, -0.1) is 0 Å². The van der Waals surface area contributed by atoms with E-state index in [0.717, 1.165) is 63.6 Å². The minimum Gasteiger partial charge on any atom is -0.369 e. The van der Waals surface area contributed by atoms with Gasteiger partial charge in [-0.25, -0.2) is 4.99 Å². The third-order valence-electron chi connectivity index (χ3n) is 9.78. The quantitative estimate of drug-likeness (QED) is 0.381. The average Bonchev–Trinajstić information content (AvgIpc) is 3.22.